The van der Waals surface area contributed by atoms with Crippen LogP contribution in [0.4, 0.5) is 5.69 Å². The van der Waals surface area contributed by atoms with Crippen LogP contribution in [0.15, 0.2) is 54.6 Å². The molecule has 2 aromatic rings. The van der Waals surface area contributed by atoms with Crippen LogP contribution in [-0.4, -0.2) is 18.4 Å². The van der Waals surface area contributed by atoms with Crippen LogP contribution in [0.25, 0.3) is 0 Å². The number of hydrogen-bond acceptors (Lipinski definition) is 2. The van der Waals surface area contributed by atoms with Gasteiger partial charge in [0.25, 0.3) is 0 Å². The Bertz CT molecular complexity index is 763. The van der Waals surface area contributed by atoms with Crippen molar-refractivity contribution in [2.75, 3.05) is 11.4 Å². The van der Waals surface area contributed by atoms with E-state index >= 15 is 0 Å². The highest BCUT2D eigenvalue weighted by Gasteiger charge is 2.24. The zero-order chi connectivity index (χ0) is 19.3. The van der Waals surface area contributed by atoms with Crippen molar-refractivity contribution in [3.8, 4) is 0 Å². The van der Waals surface area contributed by atoms with Gasteiger partial charge in [0.05, 0.1) is 6.04 Å². The summed E-state index contributed by atoms with van der Waals surface area (Å²) in [6, 6.07) is 17.4. The van der Waals surface area contributed by atoms with Gasteiger partial charge in [-0.3, -0.25) is 9.59 Å². The molecule has 26 heavy (non-hydrogen) atoms. The van der Waals surface area contributed by atoms with Crippen LogP contribution < -0.4 is 10.2 Å². The van der Waals surface area contributed by atoms with E-state index in [4.69, 9.17) is 0 Å². The minimum Gasteiger partial charge on any atom is -0.348 e. The third kappa shape index (κ3) is 4.94. The van der Waals surface area contributed by atoms with Crippen LogP contribution in [0, 0.1) is 0 Å². The normalized spacial score (nSPS) is 12.3. The van der Waals surface area contributed by atoms with Gasteiger partial charge in [0, 0.05) is 12.6 Å². The molecule has 138 valence electrons. The lowest BCUT2D eigenvalue weighted by molar-refractivity contribution is -0.123. The van der Waals surface area contributed by atoms with Gasteiger partial charge in [-0.15, -0.1) is 0 Å². The Morgan fingerprint density at radius 3 is 2.15 bits per heavy atom. The third-order valence-electron chi connectivity index (χ3n) is 4.36. The monoisotopic (exact) mass is 352 g/mol. The molecule has 4 heteroatoms. The second-order valence-corrected chi connectivity index (χ2v) is 7.57. The minimum atomic E-state index is -0.180. The summed E-state index contributed by atoms with van der Waals surface area (Å²) < 4.78 is 0. The number of amides is 2. The number of benzene rings is 2. The van der Waals surface area contributed by atoms with E-state index in [1.54, 1.807) is 4.90 Å². The first kappa shape index (κ1) is 19.7. The molecule has 2 amide bonds. The van der Waals surface area contributed by atoms with E-state index in [1.165, 1.54) is 6.92 Å². The molecule has 0 spiro atoms. The maximum Gasteiger partial charge on any atom is 0.240 e. The molecule has 1 N–H and O–H groups in total. The number of nitrogens with one attached hydrogen (secondary N) is 1. The first-order valence-electron chi connectivity index (χ1n) is 8.92. The number of rotatable bonds is 5. The molecular formula is C22H28N2O2. The summed E-state index contributed by atoms with van der Waals surface area (Å²) in [6.07, 6.45) is 0. The average Bonchev–Trinajstić information content (AvgIpc) is 2.59. The SMILES string of the molecule is CC(=O)N(CC(=O)NC(C)c1ccccc1)c1ccccc1C(C)(C)C. The fraction of sp³-hybridized carbons (Fsp3) is 0.364. The van der Waals surface area contributed by atoms with Gasteiger partial charge in [-0.25, -0.2) is 0 Å². The Kier molecular flexibility index (Phi) is 6.19. The summed E-state index contributed by atoms with van der Waals surface area (Å²) in [6.45, 7) is 9.73. The summed E-state index contributed by atoms with van der Waals surface area (Å²) >= 11 is 0. The number of para-hydroxylation sites is 1. The van der Waals surface area contributed by atoms with Gasteiger partial charge in [0.1, 0.15) is 6.54 Å². The topological polar surface area (TPSA) is 49.4 Å². The van der Waals surface area contributed by atoms with Gasteiger partial charge in [-0.05, 0) is 29.5 Å². The van der Waals surface area contributed by atoms with Crippen molar-refractivity contribution in [2.45, 2.75) is 46.1 Å². The highest BCUT2D eigenvalue weighted by molar-refractivity contribution is 5.98. The molecule has 0 aromatic heterocycles. The lowest BCUT2D eigenvalue weighted by Crippen LogP contribution is -2.41. The van der Waals surface area contributed by atoms with E-state index in [1.807, 2.05) is 61.5 Å². The minimum absolute atomic E-state index is 0.000397. The Labute approximate surface area is 156 Å². The molecule has 0 saturated heterocycles. The number of carbonyl (C=O) groups is 2. The van der Waals surface area contributed by atoms with Gasteiger partial charge in [0.15, 0.2) is 0 Å². The van der Waals surface area contributed by atoms with Crippen LogP contribution in [0.3, 0.4) is 0 Å². The zero-order valence-corrected chi connectivity index (χ0v) is 16.2. The van der Waals surface area contributed by atoms with Crippen molar-refractivity contribution in [3.05, 3.63) is 65.7 Å². The molecule has 2 aromatic carbocycles. The van der Waals surface area contributed by atoms with Crippen LogP contribution in [0.5, 0.6) is 0 Å². The number of nitrogens with zero attached hydrogens (tertiary/aromatic N) is 1. The maximum absolute atomic E-state index is 12.6. The molecular weight excluding hydrogens is 324 g/mol. The highest BCUT2D eigenvalue weighted by atomic mass is 16.2. The predicted molar refractivity (Wildman–Crippen MR) is 106 cm³/mol. The van der Waals surface area contributed by atoms with Crippen molar-refractivity contribution < 1.29 is 9.59 Å². The molecule has 0 aliphatic carbocycles. The van der Waals surface area contributed by atoms with Gasteiger partial charge in [-0.2, -0.15) is 0 Å². The highest BCUT2D eigenvalue weighted by Crippen LogP contribution is 2.31. The van der Waals surface area contributed by atoms with Crippen LogP contribution in [-0.2, 0) is 15.0 Å². The van der Waals surface area contributed by atoms with E-state index in [0.29, 0.717) is 0 Å². The molecule has 1 unspecified atom stereocenters. The van der Waals surface area contributed by atoms with Crippen molar-refractivity contribution in [1.82, 2.24) is 5.32 Å². The van der Waals surface area contributed by atoms with Crippen LogP contribution in [0.2, 0.25) is 0 Å². The molecule has 1 atom stereocenters. The van der Waals surface area contributed by atoms with E-state index in [-0.39, 0.29) is 29.8 Å². The van der Waals surface area contributed by atoms with E-state index in [2.05, 4.69) is 26.1 Å². The average molecular weight is 352 g/mol. The van der Waals surface area contributed by atoms with Crippen molar-refractivity contribution in [3.63, 3.8) is 0 Å². The quantitative estimate of drug-likeness (QED) is 0.876. The van der Waals surface area contributed by atoms with E-state index < -0.39 is 0 Å². The predicted octanol–water partition coefficient (Wildman–Crippen LogP) is 4.21. The number of anilines is 1. The lowest BCUT2D eigenvalue weighted by Gasteiger charge is -2.29. The first-order valence-corrected chi connectivity index (χ1v) is 8.92. The number of hydrogen-bond donors (Lipinski definition) is 1. The lowest BCUT2D eigenvalue weighted by atomic mass is 9.85. The fourth-order valence-corrected chi connectivity index (χ4v) is 2.97. The van der Waals surface area contributed by atoms with Crippen LogP contribution >= 0.6 is 0 Å². The second kappa shape index (κ2) is 8.17. The second-order valence-electron chi connectivity index (χ2n) is 7.57. The molecule has 2 rings (SSSR count). The molecule has 0 radical (unpaired) electrons. The Hall–Kier alpha value is -2.62. The summed E-state index contributed by atoms with van der Waals surface area (Å²) in [5, 5.41) is 2.98. The molecule has 0 aliphatic heterocycles. The van der Waals surface area contributed by atoms with Crippen molar-refractivity contribution >= 4 is 17.5 Å². The van der Waals surface area contributed by atoms with Gasteiger partial charge in [-0.1, -0.05) is 69.3 Å². The molecule has 0 bridgehead atoms. The first-order chi connectivity index (χ1) is 12.2. The summed E-state index contributed by atoms with van der Waals surface area (Å²) in [5.41, 5.74) is 2.73. The van der Waals surface area contributed by atoms with Crippen molar-refractivity contribution in [1.29, 1.82) is 0 Å². The maximum atomic E-state index is 12.6. The van der Waals surface area contributed by atoms with Gasteiger partial charge < -0.3 is 10.2 Å². The molecule has 0 fully saturated rings. The van der Waals surface area contributed by atoms with Gasteiger partial charge in [0.2, 0.25) is 11.8 Å². The third-order valence-corrected chi connectivity index (χ3v) is 4.36. The van der Waals surface area contributed by atoms with Crippen LogP contribution in [0.1, 0.15) is 51.8 Å². The largest absolute Gasteiger partial charge is 0.348 e. The smallest absolute Gasteiger partial charge is 0.240 e. The fourth-order valence-electron chi connectivity index (χ4n) is 2.97. The molecule has 0 heterocycles. The summed E-state index contributed by atoms with van der Waals surface area (Å²) in [5.74, 6) is -0.329. The zero-order valence-electron chi connectivity index (χ0n) is 16.2. The Morgan fingerprint density at radius 2 is 1.58 bits per heavy atom. The summed E-state index contributed by atoms with van der Waals surface area (Å²) in [7, 11) is 0. The Morgan fingerprint density at radius 1 is 1.00 bits per heavy atom. The molecule has 0 aliphatic rings. The number of carbonyl (C=O) groups excluding carboxylic acids is 2. The van der Waals surface area contributed by atoms with Crippen molar-refractivity contribution in [2.24, 2.45) is 0 Å². The molecule has 4 nitrogen and oxygen atoms in total. The summed E-state index contributed by atoms with van der Waals surface area (Å²) in [4.78, 5) is 26.4. The Balaban J connectivity index is 2.19. The van der Waals surface area contributed by atoms with Gasteiger partial charge >= 0.3 is 0 Å². The molecule has 0 saturated carbocycles. The standard InChI is InChI=1S/C22H28N2O2/c1-16(18-11-7-6-8-12-18)23-21(26)15-24(17(2)25)20-14-10-9-13-19(20)22(3,4)5/h6-14,16H,15H2,1-5H3,(H,23,26). The van der Waals surface area contributed by atoms with E-state index in [0.717, 1.165) is 16.8 Å². The van der Waals surface area contributed by atoms with E-state index in [9.17, 15) is 9.59 Å².